The van der Waals surface area contributed by atoms with Gasteiger partial charge in [0.1, 0.15) is 4.34 Å². The zero-order valence-corrected chi connectivity index (χ0v) is 12.0. The Bertz CT molecular complexity index is 617. The van der Waals surface area contributed by atoms with E-state index >= 15 is 0 Å². The van der Waals surface area contributed by atoms with Gasteiger partial charge in [0, 0.05) is 10.0 Å². The number of benzene rings is 1. The highest BCUT2D eigenvalue weighted by molar-refractivity contribution is 9.10. The zero-order valence-electron chi connectivity index (χ0n) is 8.81. The molecule has 0 atom stereocenters. The van der Waals surface area contributed by atoms with Gasteiger partial charge >= 0.3 is 5.97 Å². The van der Waals surface area contributed by atoms with E-state index in [1.54, 1.807) is 18.2 Å². The van der Waals surface area contributed by atoms with Crippen molar-refractivity contribution in [1.82, 2.24) is 0 Å². The number of carbonyl (C=O) groups excluding carboxylic acids is 1. The van der Waals surface area contributed by atoms with Gasteiger partial charge in [-0.1, -0.05) is 29.8 Å². The smallest absolute Gasteiger partial charge is 0.336 e. The molecule has 0 fully saturated rings. The summed E-state index contributed by atoms with van der Waals surface area (Å²) in [5, 5.41) is 9.04. The van der Waals surface area contributed by atoms with E-state index in [4.69, 9.17) is 16.7 Å². The van der Waals surface area contributed by atoms with Crippen LogP contribution in [0.1, 0.15) is 25.6 Å². The fourth-order valence-corrected chi connectivity index (χ4v) is 3.11. The van der Waals surface area contributed by atoms with Crippen LogP contribution in [0.3, 0.4) is 0 Å². The highest BCUT2D eigenvalue weighted by atomic mass is 79.9. The number of thiophene rings is 1. The summed E-state index contributed by atoms with van der Waals surface area (Å²) in [4.78, 5) is 23.7. The number of carbonyl (C=O) groups is 2. The van der Waals surface area contributed by atoms with Crippen LogP contribution >= 0.6 is 38.9 Å². The van der Waals surface area contributed by atoms with Crippen molar-refractivity contribution in [1.29, 1.82) is 0 Å². The highest BCUT2D eigenvalue weighted by Crippen LogP contribution is 2.33. The van der Waals surface area contributed by atoms with Gasteiger partial charge in [-0.15, -0.1) is 11.3 Å². The van der Waals surface area contributed by atoms with E-state index in [1.165, 1.54) is 12.1 Å². The lowest BCUT2D eigenvalue weighted by atomic mass is 10.0. The van der Waals surface area contributed by atoms with Gasteiger partial charge < -0.3 is 5.11 Å². The molecule has 3 nitrogen and oxygen atoms in total. The molecule has 0 aliphatic carbocycles. The number of carboxylic acid groups (broad SMARTS) is 1. The second-order valence-electron chi connectivity index (χ2n) is 3.41. The first-order chi connectivity index (χ1) is 8.50. The van der Waals surface area contributed by atoms with Crippen LogP contribution < -0.4 is 0 Å². The van der Waals surface area contributed by atoms with Gasteiger partial charge in [0.25, 0.3) is 0 Å². The number of hydrogen-bond acceptors (Lipinski definition) is 3. The standard InChI is InChI=1S/C12H6BrClO3S/c13-8-5-9(18-11(8)14)10(15)6-3-1-2-4-7(6)12(16)17/h1-5H,(H,16,17). The Morgan fingerprint density at radius 2 is 1.83 bits per heavy atom. The summed E-state index contributed by atoms with van der Waals surface area (Å²) in [6.45, 7) is 0. The number of rotatable bonds is 3. The molecule has 92 valence electrons. The summed E-state index contributed by atoms with van der Waals surface area (Å²) in [5.74, 6) is -1.47. The largest absolute Gasteiger partial charge is 0.478 e. The molecule has 18 heavy (non-hydrogen) atoms. The van der Waals surface area contributed by atoms with Crippen LogP contribution in [0.15, 0.2) is 34.8 Å². The van der Waals surface area contributed by atoms with E-state index in [9.17, 15) is 9.59 Å². The fourth-order valence-electron chi connectivity index (χ4n) is 1.46. The summed E-state index contributed by atoms with van der Waals surface area (Å²) in [6, 6.07) is 7.70. The van der Waals surface area contributed by atoms with Crippen LogP contribution in [-0.4, -0.2) is 16.9 Å². The van der Waals surface area contributed by atoms with Gasteiger partial charge in [-0.3, -0.25) is 4.79 Å². The SMILES string of the molecule is O=C(O)c1ccccc1C(=O)c1cc(Br)c(Cl)s1. The number of ketones is 1. The molecule has 2 aromatic rings. The van der Waals surface area contributed by atoms with Crippen LogP contribution in [-0.2, 0) is 0 Å². The molecule has 2 rings (SSSR count). The van der Waals surface area contributed by atoms with E-state index in [-0.39, 0.29) is 16.9 Å². The number of aromatic carboxylic acids is 1. The predicted molar refractivity (Wildman–Crippen MR) is 73.9 cm³/mol. The summed E-state index contributed by atoms with van der Waals surface area (Å²) < 4.78 is 1.09. The zero-order chi connectivity index (χ0) is 13.3. The quantitative estimate of drug-likeness (QED) is 0.852. The van der Waals surface area contributed by atoms with Gasteiger partial charge in [-0.05, 0) is 28.1 Å². The average molecular weight is 346 g/mol. The van der Waals surface area contributed by atoms with Crippen molar-refractivity contribution in [3.63, 3.8) is 0 Å². The average Bonchev–Trinajstić information content (AvgIpc) is 2.68. The molecule has 0 aliphatic heterocycles. The molecule has 1 aromatic carbocycles. The van der Waals surface area contributed by atoms with Crippen molar-refractivity contribution in [3.8, 4) is 0 Å². The highest BCUT2D eigenvalue weighted by Gasteiger charge is 2.19. The molecule has 0 radical (unpaired) electrons. The first-order valence-corrected chi connectivity index (χ1v) is 6.81. The van der Waals surface area contributed by atoms with Crippen molar-refractivity contribution in [3.05, 3.63) is 55.1 Å². The van der Waals surface area contributed by atoms with E-state index in [0.29, 0.717) is 13.7 Å². The van der Waals surface area contributed by atoms with E-state index in [2.05, 4.69) is 15.9 Å². The third kappa shape index (κ3) is 2.48. The molecule has 0 saturated heterocycles. The maximum Gasteiger partial charge on any atom is 0.336 e. The second kappa shape index (κ2) is 5.22. The molecule has 1 heterocycles. The van der Waals surface area contributed by atoms with Crippen molar-refractivity contribution in [2.24, 2.45) is 0 Å². The van der Waals surface area contributed by atoms with E-state index < -0.39 is 5.97 Å². The molecule has 0 spiro atoms. The molecule has 6 heteroatoms. The number of hydrogen-bond donors (Lipinski definition) is 1. The van der Waals surface area contributed by atoms with Gasteiger partial charge in [0.2, 0.25) is 5.78 Å². The third-order valence-corrected chi connectivity index (χ3v) is 4.74. The lowest BCUT2D eigenvalue weighted by molar-refractivity contribution is 0.0693. The maximum atomic E-state index is 12.2. The van der Waals surface area contributed by atoms with Crippen LogP contribution in [0.25, 0.3) is 0 Å². The van der Waals surface area contributed by atoms with Crippen molar-refractivity contribution in [2.45, 2.75) is 0 Å². The second-order valence-corrected chi connectivity index (χ2v) is 5.92. The topological polar surface area (TPSA) is 54.4 Å². The minimum atomic E-state index is -1.12. The third-order valence-electron chi connectivity index (χ3n) is 2.27. The van der Waals surface area contributed by atoms with Gasteiger partial charge in [-0.25, -0.2) is 4.79 Å². The lowest BCUT2D eigenvalue weighted by Crippen LogP contribution is -2.08. The molecule has 0 bridgehead atoms. The Morgan fingerprint density at radius 1 is 1.22 bits per heavy atom. The van der Waals surface area contributed by atoms with Crippen molar-refractivity contribution in [2.75, 3.05) is 0 Å². The molecule has 0 saturated carbocycles. The first kappa shape index (κ1) is 13.3. The monoisotopic (exact) mass is 344 g/mol. The lowest BCUT2D eigenvalue weighted by Gasteiger charge is -2.02. The first-order valence-electron chi connectivity index (χ1n) is 4.82. The molecule has 0 unspecified atom stereocenters. The number of halogens is 2. The Labute approximate surface area is 120 Å². The Hall–Kier alpha value is -1.17. The summed E-state index contributed by atoms with van der Waals surface area (Å²) in [6.07, 6.45) is 0. The summed E-state index contributed by atoms with van der Waals surface area (Å²) in [7, 11) is 0. The normalized spacial score (nSPS) is 10.3. The predicted octanol–water partition coefficient (Wildman–Crippen LogP) is 4.09. The Kier molecular flexibility index (Phi) is 3.85. The molecular weight excluding hydrogens is 340 g/mol. The Morgan fingerprint density at radius 3 is 2.33 bits per heavy atom. The van der Waals surface area contributed by atoms with E-state index in [0.717, 1.165) is 11.3 Å². The molecule has 1 N–H and O–H groups in total. The molecular formula is C12H6BrClO3S. The fraction of sp³-hybridized carbons (Fsp3) is 0. The van der Waals surface area contributed by atoms with Crippen LogP contribution in [0.2, 0.25) is 4.34 Å². The van der Waals surface area contributed by atoms with E-state index in [1.807, 2.05) is 0 Å². The maximum absolute atomic E-state index is 12.2. The van der Waals surface area contributed by atoms with Gasteiger partial charge in [0.15, 0.2) is 0 Å². The minimum Gasteiger partial charge on any atom is -0.478 e. The molecule has 0 amide bonds. The summed E-state index contributed by atoms with van der Waals surface area (Å²) >= 11 is 10.2. The van der Waals surface area contributed by atoms with Crippen molar-refractivity contribution < 1.29 is 14.7 Å². The van der Waals surface area contributed by atoms with Crippen molar-refractivity contribution >= 4 is 50.6 Å². The Balaban J connectivity index is 2.49. The molecule has 0 aliphatic rings. The van der Waals surface area contributed by atoms with Gasteiger partial charge in [-0.2, -0.15) is 0 Å². The van der Waals surface area contributed by atoms with Gasteiger partial charge in [0.05, 0.1) is 10.4 Å². The van der Waals surface area contributed by atoms with Crippen LogP contribution in [0, 0.1) is 0 Å². The number of carboxylic acids is 1. The van der Waals surface area contributed by atoms with Crippen LogP contribution in [0.4, 0.5) is 0 Å². The van der Waals surface area contributed by atoms with Crippen LogP contribution in [0.5, 0.6) is 0 Å². The minimum absolute atomic E-state index is 0.0110. The summed E-state index contributed by atoms with van der Waals surface area (Å²) in [5.41, 5.74) is 0.151. The molecule has 1 aromatic heterocycles.